The molecule has 11 heteroatoms. The lowest BCUT2D eigenvalue weighted by atomic mass is 10.0. The molecule has 3 aromatic rings. The van der Waals surface area contributed by atoms with E-state index in [2.05, 4.69) is 24.1 Å². The summed E-state index contributed by atoms with van der Waals surface area (Å²) in [5, 5.41) is 9.88. The van der Waals surface area contributed by atoms with Crippen molar-refractivity contribution in [1.29, 1.82) is 0 Å². The molecule has 1 N–H and O–H groups in total. The lowest BCUT2D eigenvalue weighted by molar-refractivity contribution is -0.148. The Morgan fingerprint density at radius 3 is 2.64 bits per heavy atom. The normalized spacial score (nSPS) is 15.4. The monoisotopic (exact) mass is 521 g/mol. The van der Waals surface area contributed by atoms with Crippen LogP contribution < -0.4 is 5.32 Å². The van der Waals surface area contributed by atoms with Crippen LogP contribution in [0.15, 0.2) is 35.8 Å². The predicted octanol–water partition coefficient (Wildman–Crippen LogP) is 5.93. The SMILES string of the molecule is COC(=O)c1cc(-c2cccs2)cnc1Nc1cc(CC(C)C)n(C2CCN(CC(F)(F)F)CC2)n1. The number of halogens is 3. The van der Waals surface area contributed by atoms with Crippen LogP contribution in [-0.4, -0.2) is 58.6 Å². The highest BCUT2D eigenvalue weighted by Gasteiger charge is 2.33. The number of rotatable bonds is 8. The van der Waals surface area contributed by atoms with Crippen LogP contribution in [0.25, 0.3) is 10.4 Å². The number of methoxy groups -OCH3 is 1. The number of carbonyl (C=O) groups excluding carboxylic acids is 1. The van der Waals surface area contributed by atoms with Crippen LogP contribution in [-0.2, 0) is 11.2 Å². The maximum absolute atomic E-state index is 12.8. The lowest BCUT2D eigenvalue weighted by Gasteiger charge is -2.33. The number of ether oxygens (including phenoxy) is 1. The van der Waals surface area contributed by atoms with E-state index in [9.17, 15) is 18.0 Å². The third-order valence-corrected chi connectivity index (χ3v) is 7.00. The van der Waals surface area contributed by atoms with Gasteiger partial charge in [-0.05, 0) is 42.7 Å². The van der Waals surface area contributed by atoms with Gasteiger partial charge in [0.15, 0.2) is 5.82 Å². The average Bonchev–Trinajstić information content (AvgIpc) is 3.48. The van der Waals surface area contributed by atoms with E-state index in [1.165, 1.54) is 12.0 Å². The molecular weight excluding hydrogens is 491 g/mol. The van der Waals surface area contributed by atoms with Crippen molar-refractivity contribution in [3.63, 3.8) is 0 Å². The van der Waals surface area contributed by atoms with E-state index < -0.39 is 18.7 Å². The van der Waals surface area contributed by atoms with Gasteiger partial charge in [0.2, 0.25) is 0 Å². The Bertz CT molecular complexity index is 1170. The van der Waals surface area contributed by atoms with Gasteiger partial charge in [0.05, 0.1) is 19.7 Å². The van der Waals surface area contributed by atoms with E-state index in [0.717, 1.165) is 22.6 Å². The first-order chi connectivity index (χ1) is 17.1. The van der Waals surface area contributed by atoms with E-state index in [-0.39, 0.29) is 6.04 Å². The number of anilines is 2. The highest BCUT2D eigenvalue weighted by molar-refractivity contribution is 7.13. The molecule has 0 unspecified atom stereocenters. The average molecular weight is 522 g/mol. The lowest BCUT2D eigenvalue weighted by Crippen LogP contribution is -2.40. The topological polar surface area (TPSA) is 72.3 Å². The molecule has 1 aliphatic heterocycles. The van der Waals surface area contributed by atoms with Crippen molar-refractivity contribution in [2.75, 3.05) is 32.1 Å². The second-order valence-electron chi connectivity index (χ2n) is 9.40. The summed E-state index contributed by atoms with van der Waals surface area (Å²) < 4.78 is 45.3. The van der Waals surface area contributed by atoms with E-state index >= 15 is 0 Å². The highest BCUT2D eigenvalue weighted by atomic mass is 32.1. The molecule has 3 aromatic heterocycles. The molecule has 0 bridgehead atoms. The standard InChI is InChI=1S/C25H30F3N5O2S/c1-16(2)11-19-13-22(31-33(19)18-6-8-32(9-7-18)15-25(26,27)28)30-23-20(24(34)35-3)12-17(14-29-23)21-5-4-10-36-21/h4-5,10,12-14,16,18H,6-9,11,15H2,1-3H3,(H,29,30,31). The van der Waals surface area contributed by atoms with E-state index in [0.29, 0.717) is 49.0 Å². The number of nitrogens with one attached hydrogen (secondary N) is 1. The van der Waals surface area contributed by atoms with Crippen molar-refractivity contribution in [2.24, 2.45) is 5.92 Å². The van der Waals surface area contributed by atoms with Gasteiger partial charge in [0.1, 0.15) is 11.4 Å². The molecule has 1 aliphatic rings. The van der Waals surface area contributed by atoms with E-state index in [1.54, 1.807) is 23.6 Å². The summed E-state index contributed by atoms with van der Waals surface area (Å²) in [7, 11) is 1.32. The molecule has 1 fully saturated rings. The van der Waals surface area contributed by atoms with Crippen molar-refractivity contribution in [1.82, 2.24) is 19.7 Å². The highest BCUT2D eigenvalue weighted by Crippen LogP contribution is 2.31. The molecule has 0 atom stereocenters. The number of hydrogen-bond acceptors (Lipinski definition) is 7. The van der Waals surface area contributed by atoms with Crippen molar-refractivity contribution in [3.05, 3.63) is 47.1 Å². The molecule has 4 heterocycles. The molecule has 7 nitrogen and oxygen atoms in total. The number of likely N-dealkylation sites (tertiary alicyclic amines) is 1. The number of alkyl halides is 3. The van der Waals surface area contributed by atoms with Gasteiger partial charge in [-0.2, -0.15) is 18.3 Å². The van der Waals surface area contributed by atoms with E-state index in [1.807, 2.05) is 28.3 Å². The van der Waals surface area contributed by atoms with Crippen molar-refractivity contribution in [3.8, 4) is 10.4 Å². The van der Waals surface area contributed by atoms with Gasteiger partial charge in [0, 0.05) is 41.5 Å². The first-order valence-electron chi connectivity index (χ1n) is 11.9. The summed E-state index contributed by atoms with van der Waals surface area (Å²) in [6.45, 7) is 4.07. The molecule has 0 amide bonds. The van der Waals surface area contributed by atoms with Gasteiger partial charge in [-0.1, -0.05) is 19.9 Å². The molecule has 0 radical (unpaired) electrons. The number of piperidine rings is 1. The molecule has 194 valence electrons. The zero-order valence-corrected chi connectivity index (χ0v) is 21.3. The number of hydrogen-bond donors (Lipinski definition) is 1. The maximum Gasteiger partial charge on any atom is 0.401 e. The Labute approximate surface area is 212 Å². The number of esters is 1. The Kier molecular flexibility index (Phi) is 7.99. The third kappa shape index (κ3) is 6.44. The summed E-state index contributed by atoms with van der Waals surface area (Å²) >= 11 is 1.55. The molecule has 0 aliphatic carbocycles. The summed E-state index contributed by atoms with van der Waals surface area (Å²) in [6, 6.07) is 7.57. The van der Waals surface area contributed by atoms with Gasteiger partial charge in [0.25, 0.3) is 0 Å². The van der Waals surface area contributed by atoms with Crippen LogP contribution in [0, 0.1) is 5.92 Å². The van der Waals surface area contributed by atoms with Crippen LogP contribution in [0.3, 0.4) is 0 Å². The second kappa shape index (κ2) is 11.0. The summed E-state index contributed by atoms with van der Waals surface area (Å²) in [6.07, 6.45) is -0.552. The van der Waals surface area contributed by atoms with Crippen LogP contribution >= 0.6 is 11.3 Å². The maximum atomic E-state index is 12.8. The zero-order valence-electron chi connectivity index (χ0n) is 20.5. The Balaban J connectivity index is 1.57. The summed E-state index contributed by atoms with van der Waals surface area (Å²) in [4.78, 5) is 19.5. The number of carbonyl (C=O) groups is 1. The van der Waals surface area contributed by atoms with Crippen molar-refractivity contribution in [2.45, 2.75) is 45.3 Å². The minimum Gasteiger partial charge on any atom is -0.465 e. The summed E-state index contributed by atoms with van der Waals surface area (Å²) in [5.74, 6) is 0.725. The minimum absolute atomic E-state index is 0.00743. The van der Waals surface area contributed by atoms with Crippen LogP contribution in [0.1, 0.15) is 48.8 Å². The van der Waals surface area contributed by atoms with Crippen LogP contribution in [0.5, 0.6) is 0 Å². The molecule has 36 heavy (non-hydrogen) atoms. The molecular formula is C25H30F3N5O2S. The quantitative estimate of drug-likeness (QED) is 0.370. The summed E-state index contributed by atoms with van der Waals surface area (Å²) in [5.41, 5.74) is 2.10. The minimum atomic E-state index is -4.19. The first kappa shape index (κ1) is 26.2. The van der Waals surface area contributed by atoms with Crippen molar-refractivity contribution >= 4 is 28.9 Å². The zero-order chi connectivity index (χ0) is 25.9. The number of thiophene rings is 1. The molecule has 1 saturated heterocycles. The van der Waals surface area contributed by atoms with E-state index in [4.69, 9.17) is 9.84 Å². The first-order valence-corrected chi connectivity index (χ1v) is 12.8. The van der Waals surface area contributed by atoms with Crippen LogP contribution in [0.4, 0.5) is 24.8 Å². The fraction of sp³-hybridized carbons (Fsp3) is 0.480. The van der Waals surface area contributed by atoms with Gasteiger partial charge in [-0.3, -0.25) is 9.58 Å². The molecule has 4 rings (SSSR count). The van der Waals surface area contributed by atoms with Gasteiger partial charge >= 0.3 is 12.1 Å². The predicted molar refractivity (Wildman–Crippen MR) is 134 cm³/mol. The molecule has 0 aromatic carbocycles. The number of pyridine rings is 1. The Morgan fingerprint density at radius 2 is 2.03 bits per heavy atom. The molecule has 0 saturated carbocycles. The fourth-order valence-electron chi connectivity index (χ4n) is 4.49. The van der Waals surface area contributed by atoms with Crippen LogP contribution in [0.2, 0.25) is 0 Å². The second-order valence-corrected chi connectivity index (χ2v) is 10.3. The smallest absolute Gasteiger partial charge is 0.401 e. The van der Waals surface area contributed by atoms with Gasteiger partial charge in [-0.25, -0.2) is 9.78 Å². The number of aromatic nitrogens is 3. The Hall–Kier alpha value is -2.92. The van der Waals surface area contributed by atoms with Gasteiger partial charge < -0.3 is 10.1 Å². The third-order valence-electron chi connectivity index (χ3n) is 6.08. The van der Waals surface area contributed by atoms with Crippen molar-refractivity contribution < 1.29 is 22.7 Å². The Morgan fingerprint density at radius 1 is 1.28 bits per heavy atom. The largest absolute Gasteiger partial charge is 0.465 e. The number of nitrogens with zero attached hydrogens (tertiary/aromatic N) is 4. The van der Waals surface area contributed by atoms with Gasteiger partial charge in [-0.15, -0.1) is 11.3 Å². The fourth-order valence-corrected chi connectivity index (χ4v) is 5.19. The molecule has 0 spiro atoms.